The Labute approximate surface area is 121 Å². The van der Waals surface area contributed by atoms with E-state index in [2.05, 4.69) is 15.6 Å². The number of hydrogen-bond acceptors (Lipinski definition) is 4. The molecule has 1 aliphatic carbocycles. The highest BCUT2D eigenvalue weighted by molar-refractivity contribution is 14.0. The summed E-state index contributed by atoms with van der Waals surface area (Å²) in [6.07, 6.45) is 8.22. The predicted octanol–water partition coefficient (Wildman–Crippen LogP) is 1.89. The van der Waals surface area contributed by atoms with Gasteiger partial charge in [-0.3, -0.25) is 4.99 Å². The fourth-order valence-electron chi connectivity index (χ4n) is 2.28. The lowest BCUT2D eigenvalue weighted by Gasteiger charge is -2.22. The number of nitrogens with one attached hydrogen (secondary N) is 2. The number of guanidine groups is 1. The van der Waals surface area contributed by atoms with Crippen LogP contribution in [0.3, 0.4) is 0 Å². The van der Waals surface area contributed by atoms with Gasteiger partial charge in [-0.25, -0.2) is 0 Å². The van der Waals surface area contributed by atoms with Gasteiger partial charge in [0, 0.05) is 19.6 Å². The minimum Gasteiger partial charge on any atom is -0.376 e. The molecule has 5 heteroatoms. The molecule has 1 heterocycles. The fourth-order valence-corrected chi connectivity index (χ4v) is 2.28. The molecule has 4 nitrogen and oxygen atoms in total. The first-order valence-corrected chi connectivity index (χ1v) is 6.59. The zero-order valence-corrected chi connectivity index (χ0v) is 12.7. The van der Waals surface area contributed by atoms with Crippen LogP contribution in [-0.4, -0.2) is 38.3 Å². The molecule has 2 N–H and O–H groups in total. The fraction of sp³-hybridized carbons (Fsp3) is 0.917. The van der Waals surface area contributed by atoms with Gasteiger partial charge in [0.25, 0.3) is 0 Å². The highest BCUT2D eigenvalue weighted by Gasteiger charge is 2.13. The van der Waals surface area contributed by atoms with E-state index in [1.165, 1.54) is 32.1 Å². The number of nitrogens with zero attached hydrogens (tertiary/aromatic N) is 1. The van der Waals surface area contributed by atoms with Crippen molar-refractivity contribution in [2.24, 2.45) is 4.99 Å². The van der Waals surface area contributed by atoms with Crippen molar-refractivity contribution in [3.05, 3.63) is 0 Å². The van der Waals surface area contributed by atoms with Crippen LogP contribution in [-0.2, 0) is 4.74 Å². The summed E-state index contributed by atoms with van der Waals surface area (Å²) in [6.45, 7) is 3.64. The first-order valence-electron chi connectivity index (χ1n) is 6.59. The van der Waals surface area contributed by atoms with Crippen molar-refractivity contribution >= 4 is 29.9 Å². The normalized spacial score (nSPS) is 21.1. The van der Waals surface area contributed by atoms with E-state index in [0.29, 0.717) is 6.10 Å². The van der Waals surface area contributed by atoms with E-state index >= 15 is 0 Å². The number of hydrogen-bond donors (Lipinski definition) is 2. The molecule has 1 aliphatic heterocycles. The van der Waals surface area contributed by atoms with E-state index < -0.39 is 0 Å². The molecular weight excluding hydrogens is 329 g/mol. The smallest absolute Gasteiger partial charge is 0.191 e. The van der Waals surface area contributed by atoms with Crippen LogP contribution in [0, 0.1) is 0 Å². The number of halogens is 1. The summed E-state index contributed by atoms with van der Waals surface area (Å²) in [6, 6.07) is 0. The van der Waals surface area contributed by atoms with Crippen LogP contribution in [0.25, 0.3) is 0 Å². The minimum atomic E-state index is 0. The molecule has 0 aromatic carbocycles. The third-order valence-electron chi connectivity index (χ3n) is 3.20. The Morgan fingerprint density at radius 2 is 2.06 bits per heavy atom. The Kier molecular flexibility index (Phi) is 7.92. The van der Waals surface area contributed by atoms with Crippen molar-refractivity contribution < 1.29 is 4.74 Å². The van der Waals surface area contributed by atoms with Gasteiger partial charge in [0.05, 0.1) is 12.7 Å². The van der Waals surface area contributed by atoms with E-state index in [-0.39, 0.29) is 24.0 Å². The Balaban J connectivity index is 0.00000144. The zero-order valence-electron chi connectivity index (χ0n) is 10.4. The Morgan fingerprint density at radius 1 is 1.24 bits per heavy atom. The van der Waals surface area contributed by atoms with E-state index in [1.807, 2.05) is 0 Å². The third-order valence-corrected chi connectivity index (χ3v) is 3.20. The highest BCUT2D eigenvalue weighted by atomic mass is 127. The minimum absolute atomic E-state index is 0. The van der Waals surface area contributed by atoms with Crippen LogP contribution < -0.4 is 10.6 Å². The van der Waals surface area contributed by atoms with E-state index in [9.17, 15) is 0 Å². The van der Waals surface area contributed by atoms with Crippen LogP contribution in [0.4, 0.5) is 0 Å². The van der Waals surface area contributed by atoms with Gasteiger partial charge >= 0.3 is 0 Å². The van der Waals surface area contributed by atoms with Gasteiger partial charge in [-0.05, 0) is 19.3 Å². The second-order valence-corrected chi connectivity index (χ2v) is 4.57. The summed E-state index contributed by atoms with van der Waals surface area (Å²) in [5.41, 5.74) is 0. The first-order chi connectivity index (χ1) is 7.95. The van der Waals surface area contributed by atoms with Gasteiger partial charge in [0.2, 0.25) is 0 Å². The Morgan fingerprint density at radius 3 is 2.76 bits per heavy atom. The first kappa shape index (κ1) is 15.0. The molecule has 0 aromatic heterocycles. The lowest BCUT2D eigenvalue weighted by atomic mass is 9.98. The molecule has 0 bridgehead atoms. The molecule has 2 aliphatic rings. The van der Waals surface area contributed by atoms with Crippen LogP contribution in [0.2, 0.25) is 0 Å². The molecule has 0 radical (unpaired) electrons. The summed E-state index contributed by atoms with van der Waals surface area (Å²) in [5, 5.41) is 6.52. The monoisotopic (exact) mass is 353 g/mol. The molecule has 0 aromatic rings. The molecule has 1 saturated carbocycles. The average molecular weight is 353 g/mol. The van der Waals surface area contributed by atoms with Crippen molar-refractivity contribution in [3.63, 3.8) is 0 Å². The maximum absolute atomic E-state index is 5.83. The van der Waals surface area contributed by atoms with Gasteiger partial charge in [0.15, 0.2) is 5.96 Å². The van der Waals surface area contributed by atoms with Crippen LogP contribution in [0.5, 0.6) is 0 Å². The highest BCUT2D eigenvalue weighted by Crippen LogP contribution is 2.19. The van der Waals surface area contributed by atoms with Gasteiger partial charge in [0.1, 0.15) is 0 Å². The Hall–Kier alpha value is -0.0400. The SMILES string of the molecule is C1CCC(OCCNC2=NCCCN2)CC1.I. The molecule has 2 rings (SSSR count). The van der Waals surface area contributed by atoms with Gasteiger partial charge in [-0.1, -0.05) is 19.3 Å². The Bertz CT molecular complexity index is 230. The van der Waals surface area contributed by atoms with Crippen LogP contribution in [0.1, 0.15) is 38.5 Å². The lowest BCUT2D eigenvalue weighted by Crippen LogP contribution is -2.42. The van der Waals surface area contributed by atoms with E-state index in [1.54, 1.807) is 0 Å². The quantitative estimate of drug-likeness (QED) is 0.599. The van der Waals surface area contributed by atoms with E-state index in [0.717, 1.165) is 38.6 Å². The molecule has 0 amide bonds. The van der Waals surface area contributed by atoms with Crippen molar-refractivity contribution in [3.8, 4) is 0 Å². The largest absolute Gasteiger partial charge is 0.376 e. The van der Waals surface area contributed by atoms with Gasteiger partial charge in [-0.15, -0.1) is 24.0 Å². The van der Waals surface area contributed by atoms with Crippen LogP contribution >= 0.6 is 24.0 Å². The average Bonchev–Trinajstić information content (AvgIpc) is 2.37. The second-order valence-electron chi connectivity index (χ2n) is 4.57. The predicted molar refractivity (Wildman–Crippen MR) is 81.2 cm³/mol. The standard InChI is InChI=1S/C12H23N3O.HI/c1-2-5-11(6-3-1)16-10-9-15-12-13-7-4-8-14-12;/h11H,1-10H2,(H2,13,14,15);1H. The maximum atomic E-state index is 5.83. The van der Waals surface area contributed by atoms with Crippen molar-refractivity contribution in [1.82, 2.24) is 10.6 Å². The van der Waals surface area contributed by atoms with E-state index in [4.69, 9.17) is 4.74 Å². The number of aliphatic imine (C=N–C) groups is 1. The van der Waals surface area contributed by atoms with Gasteiger partial charge in [-0.2, -0.15) is 0 Å². The second kappa shape index (κ2) is 8.97. The zero-order chi connectivity index (χ0) is 11.1. The van der Waals surface area contributed by atoms with Crippen molar-refractivity contribution in [1.29, 1.82) is 0 Å². The molecule has 17 heavy (non-hydrogen) atoms. The molecule has 0 saturated heterocycles. The molecule has 0 spiro atoms. The summed E-state index contributed by atoms with van der Waals surface area (Å²) >= 11 is 0. The topological polar surface area (TPSA) is 45.6 Å². The number of rotatable bonds is 4. The summed E-state index contributed by atoms with van der Waals surface area (Å²) in [4.78, 5) is 4.35. The third kappa shape index (κ3) is 5.90. The summed E-state index contributed by atoms with van der Waals surface area (Å²) in [7, 11) is 0. The van der Waals surface area contributed by atoms with Crippen molar-refractivity contribution in [2.45, 2.75) is 44.6 Å². The van der Waals surface area contributed by atoms with Gasteiger partial charge < -0.3 is 15.4 Å². The number of ether oxygens (including phenoxy) is 1. The molecular formula is C12H24IN3O. The molecule has 0 unspecified atom stereocenters. The molecule has 100 valence electrons. The molecule has 0 atom stereocenters. The maximum Gasteiger partial charge on any atom is 0.191 e. The lowest BCUT2D eigenvalue weighted by molar-refractivity contribution is 0.0317. The van der Waals surface area contributed by atoms with Crippen molar-refractivity contribution in [2.75, 3.05) is 26.2 Å². The summed E-state index contributed by atoms with van der Waals surface area (Å²) in [5.74, 6) is 0.943. The molecule has 1 fully saturated rings. The summed E-state index contributed by atoms with van der Waals surface area (Å²) < 4.78 is 5.83. The van der Waals surface area contributed by atoms with Crippen LogP contribution in [0.15, 0.2) is 4.99 Å².